The molecule has 132 valence electrons. The molecular formula is C23H19N3O. The summed E-state index contributed by atoms with van der Waals surface area (Å²) in [5.41, 5.74) is 3.67. The first-order chi connectivity index (χ1) is 13.3. The highest BCUT2D eigenvalue weighted by Crippen LogP contribution is 2.18. The minimum absolute atomic E-state index is 0.0732. The average Bonchev–Trinajstić information content (AvgIpc) is 3.15. The Kier molecular flexibility index (Phi) is 4.79. The fraction of sp³-hybridized carbons (Fsp3) is 0.0435. The number of pyridine rings is 1. The maximum absolute atomic E-state index is 13.0. The number of imidazole rings is 1. The fourth-order valence-electron chi connectivity index (χ4n) is 2.99. The van der Waals surface area contributed by atoms with Crippen LogP contribution in [0.2, 0.25) is 0 Å². The van der Waals surface area contributed by atoms with E-state index < -0.39 is 0 Å². The van der Waals surface area contributed by atoms with Gasteiger partial charge in [0.05, 0.1) is 18.4 Å². The number of amides is 1. The summed E-state index contributed by atoms with van der Waals surface area (Å²) in [6.07, 6.45) is 7.12. The maximum atomic E-state index is 13.0. The molecule has 4 heteroatoms. The van der Waals surface area contributed by atoms with Crippen molar-refractivity contribution in [1.82, 2.24) is 9.38 Å². The first-order valence-electron chi connectivity index (χ1n) is 8.82. The lowest BCUT2D eigenvalue weighted by atomic mass is 10.2. The van der Waals surface area contributed by atoms with Gasteiger partial charge in [-0.15, -0.1) is 0 Å². The summed E-state index contributed by atoms with van der Waals surface area (Å²) >= 11 is 0. The maximum Gasteiger partial charge on any atom is 0.251 e. The van der Waals surface area contributed by atoms with Crippen LogP contribution in [-0.4, -0.2) is 15.3 Å². The number of nitrogens with zero attached hydrogens (tertiary/aromatic N) is 3. The van der Waals surface area contributed by atoms with Gasteiger partial charge in [0.2, 0.25) is 0 Å². The third-order valence-electron chi connectivity index (χ3n) is 4.36. The Hall–Kier alpha value is -3.66. The van der Waals surface area contributed by atoms with E-state index in [4.69, 9.17) is 0 Å². The molecule has 0 spiro atoms. The van der Waals surface area contributed by atoms with Gasteiger partial charge in [0.15, 0.2) is 0 Å². The molecule has 0 bridgehead atoms. The minimum Gasteiger partial charge on any atom is -0.304 e. The molecule has 27 heavy (non-hydrogen) atoms. The quantitative estimate of drug-likeness (QED) is 0.493. The monoisotopic (exact) mass is 353 g/mol. The predicted octanol–water partition coefficient (Wildman–Crippen LogP) is 4.58. The van der Waals surface area contributed by atoms with Crippen molar-refractivity contribution in [3.63, 3.8) is 0 Å². The van der Waals surface area contributed by atoms with Crippen LogP contribution in [0.4, 0.5) is 5.69 Å². The van der Waals surface area contributed by atoms with Gasteiger partial charge in [-0.05, 0) is 35.9 Å². The van der Waals surface area contributed by atoms with Gasteiger partial charge in [-0.3, -0.25) is 4.79 Å². The fourth-order valence-corrected chi connectivity index (χ4v) is 2.99. The number of carbonyl (C=O) groups is 1. The number of hydrogen-bond donors (Lipinski definition) is 0. The third kappa shape index (κ3) is 3.80. The molecule has 0 atom stereocenters. The van der Waals surface area contributed by atoms with Gasteiger partial charge in [-0.2, -0.15) is 0 Å². The van der Waals surface area contributed by atoms with Crippen molar-refractivity contribution in [2.75, 3.05) is 4.90 Å². The number of rotatable bonds is 5. The Balaban J connectivity index is 1.62. The molecule has 1 amide bonds. The Morgan fingerprint density at radius 1 is 0.926 bits per heavy atom. The van der Waals surface area contributed by atoms with Gasteiger partial charge in [0.25, 0.3) is 5.91 Å². The minimum atomic E-state index is -0.0732. The molecule has 4 nitrogen and oxygen atoms in total. The van der Waals surface area contributed by atoms with Gasteiger partial charge in [-0.25, -0.2) is 4.98 Å². The normalized spacial score (nSPS) is 11.1. The third-order valence-corrected chi connectivity index (χ3v) is 4.36. The lowest BCUT2D eigenvalue weighted by Crippen LogP contribution is -2.28. The summed E-state index contributed by atoms with van der Waals surface area (Å²) in [7, 11) is 0. The van der Waals surface area contributed by atoms with Crippen molar-refractivity contribution in [3.8, 4) is 0 Å². The van der Waals surface area contributed by atoms with Crippen molar-refractivity contribution in [1.29, 1.82) is 0 Å². The van der Waals surface area contributed by atoms with Gasteiger partial charge < -0.3 is 9.30 Å². The highest BCUT2D eigenvalue weighted by Gasteiger charge is 2.13. The molecule has 0 N–H and O–H groups in total. The molecule has 2 aromatic heterocycles. The van der Waals surface area contributed by atoms with E-state index in [1.807, 2.05) is 95.5 Å². The van der Waals surface area contributed by atoms with Crippen LogP contribution in [-0.2, 0) is 11.3 Å². The predicted molar refractivity (Wildman–Crippen MR) is 108 cm³/mol. The number of para-hydroxylation sites is 1. The number of benzene rings is 2. The average molecular weight is 353 g/mol. The Morgan fingerprint density at radius 3 is 2.41 bits per heavy atom. The van der Waals surface area contributed by atoms with Crippen molar-refractivity contribution in [2.45, 2.75) is 6.54 Å². The van der Waals surface area contributed by atoms with Crippen LogP contribution in [0.1, 0.15) is 11.3 Å². The van der Waals surface area contributed by atoms with E-state index in [9.17, 15) is 4.79 Å². The second-order valence-corrected chi connectivity index (χ2v) is 6.19. The Bertz CT molecular complexity index is 1070. The van der Waals surface area contributed by atoms with Crippen LogP contribution >= 0.6 is 0 Å². The lowest BCUT2D eigenvalue weighted by molar-refractivity contribution is -0.114. The molecule has 0 aliphatic rings. The standard InChI is InChI=1S/C23H19N3O/c27-23(15-14-21-17-24-22-13-7-8-16-25(21)22)26(20-11-5-2-6-12-20)18-19-9-3-1-4-10-19/h1-17H,18H2/b15-14+. The molecule has 2 aromatic carbocycles. The molecule has 0 fully saturated rings. The molecule has 4 rings (SSSR count). The van der Waals surface area contributed by atoms with Crippen molar-refractivity contribution in [2.24, 2.45) is 0 Å². The number of carbonyl (C=O) groups excluding carboxylic acids is 1. The van der Waals surface area contributed by atoms with Gasteiger partial charge in [0.1, 0.15) is 5.65 Å². The van der Waals surface area contributed by atoms with E-state index in [2.05, 4.69) is 4.98 Å². The van der Waals surface area contributed by atoms with Crippen molar-refractivity contribution in [3.05, 3.63) is 109 Å². The van der Waals surface area contributed by atoms with E-state index in [1.54, 1.807) is 17.2 Å². The largest absolute Gasteiger partial charge is 0.304 e. The Morgan fingerprint density at radius 2 is 1.63 bits per heavy atom. The topological polar surface area (TPSA) is 37.6 Å². The number of anilines is 1. The summed E-state index contributed by atoms with van der Waals surface area (Å²) < 4.78 is 1.95. The van der Waals surface area contributed by atoms with Crippen molar-refractivity contribution < 1.29 is 4.79 Å². The molecule has 0 aliphatic carbocycles. The first kappa shape index (κ1) is 16.8. The number of hydrogen-bond acceptors (Lipinski definition) is 2. The van der Waals surface area contributed by atoms with Gasteiger partial charge in [0, 0.05) is 18.0 Å². The summed E-state index contributed by atoms with van der Waals surface area (Å²) in [6, 6.07) is 25.5. The summed E-state index contributed by atoms with van der Waals surface area (Å²) in [5, 5.41) is 0. The highest BCUT2D eigenvalue weighted by molar-refractivity contribution is 6.03. The molecule has 0 radical (unpaired) electrons. The smallest absolute Gasteiger partial charge is 0.251 e. The van der Waals surface area contributed by atoms with Crippen LogP contribution in [0.15, 0.2) is 97.3 Å². The Labute approximate surface area is 158 Å². The SMILES string of the molecule is O=C(/C=C/c1cnc2ccccn12)N(Cc1ccccc1)c1ccccc1. The first-order valence-corrected chi connectivity index (χ1v) is 8.82. The van der Waals surface area contributed by atoms with Gasteiger partial charge >= 0.3 is 0 Å². The molecular weight excluding hydrogens is 334 g/mol. The van der Waals surface area contributed by atoms with E-state index >= 15 is 0 Å². The second-order valence-electron chi connectivity index (χ2n) is 6.19. The van der Waals surface area contributed by atoms with E-state index in [0.29, 0.717) is 6.54 Å². The van der Waals surface area contributed by atoms with Crippen LogP contribution in [0, 0.1) is 0 Å². The molecule has 0 unspecified atom stereocenters. The van der Waals surface area contributed by atoms with E-state index in [1.165, 1.54) is 0 Å². The molecule has 0 saturated heterocycles. The number of aromatic nitrogens is 2. The molecule has 0 aliphatic heterocycles. The number of fused-ring (bicyclic) bond motifs is 1. The molecule has 2 heterocycles. The molecule has 0 saturated carbocycles. The van der Waals surface area contributed by atoms with Crippen LogP contribution < -0.4 is 4.90 Å². The summed E-state index contributed by atoms with van der Waals surface area (Å²) in [5.74, 6) is -0.0732. The van der Waals surface area contributed by atoms with Crippen LogP contribution in [0.25, 0.3) is 11.7 Å². The van der Waals surface area contributed by atoms with Crippen LogP contribution in [0.3, 0.4) is 0 Å². The lowest BCUT2D eigenvalue weighted by Gasteiger charge is -2.21. The van der Waals surface area contributed by atoms with Gasteiger partial charge in [-0.1, -0.05) is 54.6 Å². The van der Waals surface area contributed by atoms with Crippen LogP contribution in [0.5, 0.6) is 0 Å². The zero-order valence-electron chi connectivity index (χ0n) is 14.8. The molecule has 4 aromatic rings. The zero-order valence-corrected chi connectivity index (χ0v) is 14.8. The second kappa shape index (κ2) is 7.70. The van der Waals surface area contributed by atoms with E-state index in [-0.39, 0.29) is 5.91 Å². The summed E-state index contributed by atoms with van der Waals surface area (Å²) in [4.78, 5) is 19.1. The zero-order chi connectivity index (χ0) is 18.5. The van der Waals surface area contributed by atoms with Crippen molar-refractivity contribution >= 4 is 23.3 Å². The highest BCUT2D eigenvalue weighted by atomic mass is 16.2. The summed E-state index contributed by atoms with van der Waals surface area (Å²) in [6.45, 7) is 0.515. The van der Waals surface area contributed by atoms with E-state index in [0.717, 1.165) is 22.6 Å².